The van der Waals surface area contributed by atoms with Crippen molar-refractivity contribution in [1.29, 1.82) is 0 Å². The predicted molar refractivity (Wildman–Crippen MR) is 84.4 cm³/mol. The number of hydrogen-bond donors (Lipinski definition) is 0. The number of aromatic nitrogens is 2. The molecule has 1 aromatic rings. The molecule has 1 aliphatic rings. The van der Waals surface area contributed by atoms with Gasteiger partial charge in [0.05, 0.1) is 12.2 Å². The average molecular weight is 314 g/mol. The Balaban J connectivity index is 1.97. The van der Waals surface area contributed by atoms with Crippen LogP contribution in [0.1, 0.15) is 50.9 Å². The summed E-state index contributed by atoms with van der Waals surface area (Å²) in [7, 11) is 0. The first kappa shape index (κ1) is 17.3. The zero-order valence-corrected chi connectivity index (χ0v) is 14.1. The SMILES string of the molecule is CC(C)c1cn(C(C)C)nc1CN1CCN(CC(F)F)CC1. The number of piperazine rings is 1. The van der Waals surface area contributed by atoms with E-state index in [1.807, 2.05) is 9.58 Å². The Kier molecular flexibility index (Phi) is 5.92. The van der Waals surface area contributed by atoms with Gasteiger partial charge in [0.1, 0.15) is 0 Å². The first-order valence-electron chi connectivity index (χ1n) is 8.17. The Morgan fingerprint density at radius 2 is 1.64 bits per heavy atom. The molecule has 0 aliphatic carbocycles. The van der Waals surface area contributed by atoms with Gasteiger partial charge >= 0.3 is 0 Å². The van der Waals surface area contributed by atoms with Crippen LogP contribution < -0.4 is 0 Å². The molecular formula is C16H28F2N4. The third kappa shape index (κ3) is 4.49. The molecule has 0 atom stereocenters. The second kappa shape index (κ2) is 7.51. The minimum Gasteiger partial charge on any atom is -0.295 e. The lowest BCUT2D eigenvalue weighted by atomic mass is 10.0. The summed E-state index contributed by atoms with van der Waals surface area (Å²) >= 11 is 0. The van der Waals surface area contributed by atoms with Crippen LogP contribution in [0.25, 0.3) is 0 Å². The van der Waals surface area contributed by atoms with E-state index >= 15 is 0 Å². The number of hydrogen-bond acceptors (Lipinski definition) is 3. The molecule has 1 aromatic heterocycles. The molecule has 0 radical (unpaired) electrons. The van der Waals surface area contributed by atoms with Gasteiger partial charge in [-0.25, -0.2) is 8.78 Å². The van der Waals surface area contributed by atoms with Crippen LogP contribution >= 0.6 is 0 Å². The summed E-state index contributed by atoms with van der Waals surface area (Å²) in [5, 5.41) is 4.73. The van der Waals surface area contributed by atoms with Crippen molar-refractivity contribution in [2.45, 2.75) is 52.6 Å². The predicted octanol–water partition coefficient (Wildman–Crippen LogP) is 2.97. The number of halogens is 2. The first-order chi connectivity index (χ1) is 10.4. The van der Waals surface area contributed by atoms with E-state index in [-0.39, 0.29) is 6.54 Å². The van der Waals surface area contributed by atoms with Gasteiger partial charge in [0, 0.05) is 45.0 Å². The van der Waals surface area contributed by atoms with E-state index in [1.165, 1.54) is 5.56 Å². The smallest absolute Gasteiger partial charge is 0.251 e. The van der Waals surface area contributed by atoms with Crippen molar-refractivity contribution >= 4 is 0 Å². The maximum atomic E-state index is 12.4. The van der Waals surface area contributed by atoms with E-state index in [1.54, 1.807) is 0 Å². The fraction of sp³-hybridized carbons (Fsp3) is 0.812. The monoisotopic (exact) mass is 314 g/mol. The quantitative estimate of drug-likeness (QED) is 0.807. The van der Waals surface area contributed by atoms with Crippen molar-refractivity contribution < 1.29 is 8.78 Å². The van der Waals surface area contributed by atoms with Crippen molar-refractivity contribution in [3.05, 3.63) is 17.5 Å². The molecule has 4 nitrogen and oxygen atoms in total. The lowest BCUT2D eigenvalue weighted by Crippen LogP contribution is -2.47. The van der Waals surface area contributed by atoms with Gasteiger partial charge in [-0.1, -0.05) is 13.8 Å². The van der Waals surface area contributed by atoms with Crippen LogP contribution in [0, 0.1) is 0 Å². The van der Waals surface area contributed by atoms with Crippen molar-refractivity contribution in [1.82, 2.24) is 19.6 Å². The second-order valence-corrected chi connectivity index (χ2v) is 6.73. The number of nitrogens with zero attached hydrogens (tertiary/aromatic N) is 4. The maximum Gasteiger partial charge on any atom is 0.251 e. The molecule has 2 heterocycles. The maximum absolute atomic E-state index is 12.4. The molecule has 0 spiro atoms. The molecular weight excluding hydrogens is 286 g/mol. The zero-order valence-electron chi connectivity index (χ0n) is 14.1. The molecule has 0 N–H and O–H groups in total. The Morgan fingerprint density at radius 1 is 1.05 bits per heavy atom. The van der Waals surface area contributed by atoms with Crippen LogP contribution in [-0.2, 0) is 6.54 Å². The van der Waals surface area contributed by atoms with Gasteiger partial charge < -0.3 is 0 Å². The Labute approximate surface area is 132 Å². The van der Waals surface area contributed by atoms with Crippen LogP contribution in [0.4, 0.5) is 8.78 Å². The van der Waals surface area contributed by atoms with Crippen molar-refractivity contribution in [3.8, 4) is 0 Å². The zero-order chi connectivity index (χ0) is 16.3. The van der Waals surface area contributed by atoms with E-state index in [0.29, 0.717) is 25.0 Å². The lowest BCUT2D eigenvalue weighted by molar-refractivity contribution is 0.0539. The van der Waals surface area contributed by atoms with Crippen molar-refractivity contribution in [2.24, 2.45) is 0 Å². The Hall–Kier alpha value is -1.01. The summed E-state index contributed by atoms with van der Waals surface area (Å²) in [5.41, 5.74) is 2.43. The number of rotatable bonds is 6. The summed E-state index contributed by atoms with van der Waals surface area (Å²) in [5.74, 6) is 0.447. The fourth-order valence-corrected chi connectivity index (χ4v) is 2.85. The third-order valence-corrected chi connectivity index (χ3v) is 4.23. The molecule has 1 aliphatic heterocycles. The molecule has 0 bridgehead atoms. The van der Waals surface area contributed by atoms with Gasteiger partial charge in [-0.15, -0.1) is 0 Å². The van der Waals surface area contributed by atoms with Crippen LogP contribution in [-0.4, -0.2) is 58.7 Å². The normalized spacial score (nSPS) is 18.0. The van der Waals surface area contributed by atoms with Gasteiger partial charge in [-0.3, -0.25) is 14.5 Å². The largest absolute Gasteiger partial charge is 0.295 e. The highest BCUT2D eigenvalue weighted by atomic mass is 19.3. The molecule has 0 aromatic carbocycles. The molecule has 22 heavy (non-hydrogen) atoms. The van der Waals surface area contributed by atoms with Crippen molar-refractivity contribution in [3.63, 3.8) is 0 Å². The highest BCUT2D eigenvalue weighted by Crippen LogP contribution is 2.22. The molecule has 0 saturated carbocycles. The molecule has 0 amide bonds. The fourth-order valence-electron chi connectivity index (χ4n) is 2.85. The summed E-state index contributed by atoms with van der Waals surface area (Å²) in [4.78, 5) is 4.16. The van der Waals surface area contributed by atoms with Crippen LogP contribution in [0.2, 0.25) is 0 Å². The molecule has 126 valence electrons. The minimum absolute atomic E-state index is 0.104. The van der Waals surface area contributed by atoms with Crippen LogP contribution in [0.5, 0.6) is 0 Å². The second-order valence-electron chi connectivity index (χ2n) is 6.73. The summed E-state index contributed by atoms with van der Waals surface area (Å²) < 4.78 is 26.9. The van der Waals surface area contributed by atoms with Gasteiger partial charge in [0.25, 0.3) is 6.43 Å². The van der Waals surface area contributed by atoms with E-state index in [2.05, 4.69) is 38.8 Å². The summed E-state index contributed by atoms with van der Waals surface area (Å²) in [6, 6.07) is 0.356. The van der Waals surface area contributed by atoms with E-state index in [0.717, 1.165) is 25.3 Å². The van der Waals surface area contributed by atoms with Gasteiger partial charge in [-0.2, -0.15) is 5.10 Å². The standard InChI is InChI=1S/C16H28F2N4/c1-12(2)14-9-22(13(3)4)19-15(14)10-20-5-7-21(8-6-20)11-16(17)18/h9,12-13,16H,5-8,10-11H2,1-4H3. The van der Waals surface area contributed by atoms with Gasteiger partial charge in [0.15, 0.2) is 0 Å². The summed E-state index contributed by atoms with van der Waals surface area (Å²) in [6.45, 7) is 12.4. The molecule has 6 heteroatoms. The summed E-state index contributed by atoms with van der Waals surface area (Å²) in [6.07, 6.45) is -0.0848. The topological polar surface area (TPSA) is 24.3 Å². The molecule has 1 saturated heterocycles. The first-order valence-corrected chi connectivity index (χ1v) is 8.17. The Bertz CT molecular complexity index is 463. The van der Waals surface area contributed by atoms with Gasteiger partial charge in [-0.05, 0) is 25.3 Å². The van der Waals surface area contributed by atoms with Crippen LogP contribution in [0.15, 0.2) is 6.20 Å². The van der Waals surface area contributed by atoms with Crippen LogP contribution in [0.3, 0.4) is 0 Å². The number of alkyl halides is 2. The molecule has 2 rings (SSSR count). The lowest BCUT2D eigenvalue weighted by Gasteiger charge is -2.34. The van der Waals surface area contributed by atoms with E-state index < -0.39 is 6.43 Å². The third-order valence-electron chi connectivity index (χ3n) is 4.23. The molecule has 1 fully saturated rings. The van der Waals surface area contributed by atoms with Crippen molar-refractivity contribution in [2.75, 3.05) is 32.7 Å². The minimum atomic E-state index is -2.24. The average Bonchev–Trinajstić information content (AvgIpc) is 2.85. The highest BCUT2D eigenvalue weighted by molar-refractivity contribution is 5.21. The van der Waals surface area contributed by atoms with E-state index in [4.69, 9.17) is 5.10 Å². The Morgan fingerprint density at radius 3 is 2.14 bits per heavy atom. The van der Waals surface area contributed by atoms with Gasteiger partial charge in [0.2, 0.25) is 0 Å². The highest BCUT2D eigenvalue weighted by Gasteiger charge is 2.22. The molecule has 0 unspecified atom stereocenters. The van der Waals surface area contributed by atoms with E-state index in [9.17, 15) is 8.78 Å².